The summed E-state index contributed by atoms with van der Waals surface area (Å²) >= 11 is 5.48. The Bertz CT molecular complexity index is 620. The number of ether oxygens (including phenoxy) is 2. The van der Waals surface area contributed by atoms with E-state index in [1.54, 1.807) is 11.8 Å². The summed E-state index contributed by atoms with van der Waals surface area (Å²) in [5.41, 5.74) is 1.63. The Labute approximate surface area is 128 Å². The van der Waals surface area contributed by atoms with E-state index in [9.17, 15) is 0 Å². The van der Waals surface area contributed by atoms with Gasteiger partial charge in [-0.2, -0.15) is 0 Å². The molecule has 0 aliphatic carbocycles. The van der Waals surface area contributed by atoms with Gasteiger partial charge in [-0.25, -0.2) is 4.68 Å². The zero-order valence-corrected chi connectivity index (χ0v) is 12.5. The Morgan fingerprint density at radius 2 is 1.95 bits per heavy atom. The van der Waals surface area contributed by atoms with Gasteiger partial charge in [-0.1, -0.05) is 17.4 Å². The fourth-order valence-electron chi connectivity index (χ4n) is 2.15. The van der Waals surface area contributed by atoms with E-state index in [-0.39, 0.29) is 0 Å². The first-order valence-electron chi connectivity index (χ1n) is 6.72. The van der Waals surface area contributed by atoms with Crippen molar-refractivity contribution in [3.8, 4) is 11.4 Å². The number of hydrogen-bond acceptors (Lipinski definition) is 5. The van der Waals surface area contributed by atoms with Crippen molar-refractivity contribution >= 4 is 17.2 Å². The average molecular weight is 304 g/mol. The van der Waals surface area contributed by atoms with Crippen LogP contribution in [0.4, 0.5) is 0 Å². The Kier molecular flexibility index (Phi) is 4.12. The largest absolute Gasteiger partial charge is 0.497 e. The lowest BCUT2D eigenvalue weighted by molar-refractivity contribution is 0.0692. The number of hydrogen-bond donors (Lipinski definition) is 0. The molecule has 2 heterocycles. The van der Waals surface area contributed by atoms with Gasteiger partial charge in [-0.3, -0.25) is 0 Å². The van der Waals surface area contributed by atoms with Crippen molar-refractivity contribution in [2.45, 2.75) is 0 Å². The first-order chi connectivity index (χ1) is 10.3. The molecule has 1 aromatic heterocycles. The van der Waals surface area contributed by atoms with Crippen LogP contribution in [0.3, 0.4) is 0 Å². The van der Waals surface area contributed by atoms with E-state index in [0.29, 0.717) is 18.9 Å². The quantitative estimate of drug-likeness (QED) is 0.796. The molecule has 1 fully saturated rings. The Hall–Kier alpha value is -1.99. The zero-order chi connectivity index (χ0) is 14.7. The molecule has 1 aromatic carbocycles. The standard InChI is InChI=1S/C14H16N4O2S/c1-19-12-4-2-11(3-5-12)18-10-13(15-16-18)14(21)17-6-8-20-9-7-17/h2-5,10H,6-9H2,1H3. The Morgan fingerprint density at radius 1 is 1.24 bits per heavy atom. The second kappa shape index (κ2) is 6.19. The van der Waals surface area contributed by atoms with Crippen LogP contribution in [-0.2, 0) is 4.74 Å². The zero-order valence-electron chi connectivity index (χ0n) is 11.7. The molecule has 1 aliphatic heterocycles. The smallest absolute Gasteiger partial charge is 0.140 e. The number of methoxy groups -OCH3 is 1. The van der Waals surface area contributed by atoms with Gasteiger partial charge in [-0.15, -0.1) is 5.10 Å². The molecule has 0 unspecified atom stereocenters. The first kappa shape index (κ1) is 14.0. The van der Waals surface area contributed by atoms with E-state index in [1.165, 1.54) is 0 Å². The summed E-state index contributed by atoms with van der Waals surface area (Å²) in [6.45, 7) is 3.00. The van der Waals surface area contributed by atoms with Gasteiger partial charge in [0.15, 0.2) is 0 Å². The maximum absolute atomic E-state index is 5.48. The molecule has 0 N–H and O–H groups in total. The fraction of sp³-hybridized carbons (Fsp3) is 0.357. The second-order valence-electron chi connectivity index (χ2n) is 4.65. The van der Waals surface area contributed by atoms with Gasteiger partial charge >= 0.3 is 0 Å². The summed E-state index contributed by atoms with van der Waals surface area (Å²) in [4.78, 5) is 2.82. The number of aromatic nitrogens is 3. The summed E-state index contributed by atoms with van der Waals surface area (Å²) < 4.78 is 12.2. The molecule has 110 valence electrons. The molecule has 1 saturated heterocycles. The van der Waals surface area contributed by atoms with E-state index >= 15 is 0 Å². The van der Waals surface area contributed by atoms with Crippen molar-refractivity contribution < 1.29 is 9.47 Å². The predicted molar refractivity (Wildman–Crippen MR) is 82.0 cm³/mol. The number of thiocarbonyl (C=S) groups is 1. The Morgan fingerprint density at radius 3 is 2.62 bits per heavy atom. The van der Waals surface area contributed by atoms with Crippen LogP contribution < -0.4 is 4.74 Å². The lowest BCUT2D eigenvalue weighted by Gasteiger charge is -2.27. The first-order valence-corrected chi connectivity index (χ1v) is 7.12. The van der Waals surface area contributed by atoms with Gasteiger partial charge < -0.3 is 14.4 Å². The molecule has 0 radical (unpaired) electrons. The molecule has 0 amide bonds. The molecular formula is C14H16N4O2S. The van der Waals surface area contributed by atoms with E-state index in [4.69, 9.17) is 21.7 Å². The third-order valence-corrected chi connectivity index (χ3v) is 3.82. The summed E-state index contributed by atoms with van der Waals surface area (Å²) in [5.74, 6) is 0.808. The normalized spacial score (nSPS) is 15.0. The topological polar surface area (TPSA) is 52.4 Å². The minimum Gasteiger partial charge on any atom is -0.497 e. The molecule has 0 spiro atoms. The molecule has 7 heteroatoms. The van der Waals surface area contributed by atoms with Gasteiger partial charge in [-0.05, 0) is 24.3 Å². The van der Waals surface area contributed by atoms with Crippen LogP contribution in [-0.4, -0.2) is 58.3 Å². The highest BCUT2D eigenvalue weighted by molar-refractivity contribution is 7.80. The molecule has 2 aromatic rings. The predicted octanol–water partition coefficient (Wildman–Crippen LogP) is 1.28. The van der Waals surface area contributed by atoms with Crippen molar-refractivity contribution in [2.75, 3.05) is 33.4 Å². The van der Waals surface area contributed by atoms with Crippen LogP contribution >= 0.6 is 12.2 Å². The van der Waals surface area contributed by atoms with Gasteiger partial charge in [0.25, 0.3) is 0 Å². The Balaban J connectivity index is 1.77. The molecule has 0 bridgehead atoms. The average Bonchev–Trinajstić information content (AvgIpc) is 3.05. The molecule has 1 aliphatic rings. The molecule has 21 heavy (non-hydrogen) atoms. The summed E-state index contributed by atoms with van der Waals surface area (Å²) in [6, 6.07) is 7.62. The van der Waals surface area contributed by atoms with Crippen molar-refractivity contribution in [3.63, 3.8) is 0 Å². The maximum atomic E-state index is 5.48. The highest BCUT2D eigenvalue weighted by Crippen LogP contribution is 2.15. The minimum atomic E-state index is 0.701. The monoisotopic (exact) mass is 304 g/mol. The van der Waals surface area contributed by atoms with E-state index in [0.717, 1.165) is 29.5 Å². The maximum Gasteiger partial charge on any atom is 0.140 e. The summed E-state index contributed by atoms with van der Waals surface area (Å²) in [6.07, 6.45) is 1.85. The van der Waals surface area contributed by atoms with Gasteiger partial charge in [0.2, 0.25) is 0 Å². The molecule has 3 rings (SSSR count). The van der Waals surface area contributed by atoms with Crippen LogP contribution in [0.1, 0.15) is 5.69 Å². The molecule has 6 nitrogen and oxygen atoms in total. The second-order valence-corrected chi connectivity index (χ2v) is 5.04. The SMILES string of the molecule is COc1ccc(-n2cc(C(=S)N3CCOCC3)nn2)cc1. The highest BCUT2D eigenvalue weighted by atomic mass is 32.1. The van der Waals surface area contributed by atoms with Crippen LogP contribution in [0.15, 0.2) is 30.5 Å². The summed E-state index contributed by atoms with van der Waals surface area (Å²) in [5, 5.41) is 8.31. The minimum absolute atomic E-state index is 0.701. The third kappa shape index (κ3) is 3.03. The van der Waals surface area contributed by atoms with Crippen LogP contribution in [0.25, 0.3) is 5.69 Å². The van der Waals surface area contributed by atoms with Crippen molar-refractivity contribution in [1.29, 1.82) is 0 Å². The molecular weight excluding hydrogens is 288 g/mol. The number of nitrogens with zero attached hydrogens (tertiary/aromatic N) is 4. The number of morpholine rings is 1. The van der Waals surface area contributed by atoms with E-state index < -0.39 is 0 Å². The lowest BCUT2D eigenvalue weighted by atomic mass is 10.3. The van der Waals surface area contributed by atoms with Crippen LogP contribution in [0, 0.1) is 0 Å². The van der Waals surface area contributed by atoms with E-state index in [2.05, 4.69) is 15.2 Å². The van der Waals surface area contributed by atoms with Crippen molar-refractivity contribution in [2.24, 2.45) is 0 Å². The van der Waals surface area contributed by atoms with Crippen LogP contribution in [0.2, 0.25) is 0 Å². The molecule has 0 atom stereocenters. The molecule has 0 saturated carbocycles. The highest BCUT2D eigenvalue weighted by Gasteiger charge is 2.17. The third-order valence-electron chi connectivity index (χ3n) is 3.35. The number of rotatable bonds is 3. The van der Waals surface area contributed by atoms with Gasteiger partial charge in [0.1, 0.15) is 16.4 Å². The fourth-order valence-corrected chi connectivity index (χ4v) is 2.43. The van der Waals surface area contributed by atoms with Gasteiger partial charge in [0, 0.05) is 13.1 Å². The number of benzene rings is 1. The van der Waals surface area contributed by atoms with Gasteiger partial charge in [0.05, 0.1) is 32.2 Å². The summed E-state index contributed by atoms with van der Waals surface area (Å²) in [7, 11) is 1.64. The van der Waals surface area contributed by atoms with Crippen molar-refractivity contribution in [3.05, 3.63) is 36.2 Å². The van der Waals surface area contributed by atoms with Crippen LogP contribution in [0.5, 0.6) is 5.75 Å². The van der Waals surface area contributed by atoms with E-state index in [1.807, 2.05) is 30.5 Å². The van der Waals surface area contributed by atoms with Crippen molar-refractivity contribution in [1.82, 2.24) is 19.9 Å². The lowest BCUT2D eigenvalue weighted by Crippen LogP contribution is -2.40.